The molecule has 0 saturated carbocycles. The zero-order valence-electron chi connectivity index (χ0n) is 9.54. The number of carboxylic acids is 1. The van der Waals surface area contributed by atoms with E-state index < -0.39 is 5.97 Å². The van der Waals surface area contributed by atoms with E-state index in [4.69, 9.17) is 5.11 Å². The number of carbonyl (C=O) groups excluding carboxylic acids is 1. The number of rotatable bonds is 6. The molecule has 0 rings (SSSR count). The molecule has 0 heterocycles. The second kappa shape index (κ2) is 7.09. The van der Waals surface area contributed by atoms with E-state index in [-0.39, 0.29) is 24.5 Å². The van der Waals surface area contributed by atoms with E-state index in [1.54, 1.807) is 6.92 Å². The molecule has 15 heavy (non-hydrogen) atoms. The molecule has 0 aromatic carbocycles. The van der Waals surface area contributed by atoms with Crippen molar-refractivity contribution in [2.45, 2.75) is 52.1 Å². The number of carbonyl (C=O) groups is 2. The lowest BCUT2D eigenvalue weighted by atomic mass is 10.2. The Hall–Kier alpha value is -1.26. The third-order valence-electron chi connectivity index (χ3n) is 2.16. The Morgan fingerprint density at radius 1 is 1.20 bits per heavy atom. The molecule has 2 unspecified atom stereocenters. The molecular formula is C10H20N2O3. The first kappa shape index (κ1) is 13.7. The van der Waals surface area contributed by atoms with Gasteiger partial charge in [-0.05, 0) is 26.7 Å². The van der Waals surface area contributed by atoms with Gasteiger partial charge in [0, 0.05) is 18.5 Å². The van der Waals surface area contributed by atoms with E-state index in [0.29, 0.717) is 6.42 Å². The molecule has 5 nitrogen and oxygen atoms in total. The first-order valence-electron chi connectivity index (χ1n) is 5.24. The summed E-state index contributed by atoms with van der Waals surface area (Å²) in [7, 11) is 0. The molecule has 2 atom stereocenters. The van der Waals surface area contributed by atoms with Crippen LogP contribution in [0.1, 0.15) is 40.0 Å². The molecule has 0 spiro atoms. The summed E-state index contributed by atoms with van der Waals surface area (Å²) in [6.07, 6.45) is 1.39. The predicted molar refractivity (Wildman–Crippen MR) is 57.8 cm³/mol. The maximum absolute atomic E-state index is 11.3. The van der Waals surface area contributed by atoms with Gasteiger partial charge in [-0.15, -0.1) is 0 Å². The maximum Gasteiger partial charge on any atom is 0.315 e. The summed E-state index contributed by atoms with van der Waals surface area (Å²) in [5, 5.41) is 13.9. The molecule has 0 aliphatic carbocycles. The fraction of sp³-hybridized carbons (Fsp3) is 0.800. The Labute approximate surface area is 90.2 Å². The second-order valence-electron chi connectivity index (χ2n) is 3.76. The van der Waals surface area contributed by atoms with Crippen molar-refractivity contribution < 1.29 is 14.7 Å². The van der Waals surface area contributed by atoms with Gasteiger partial charge in [-0.25, -0.2) is 4.79 Å². The van der Waals surface area contributed by atoms with Crippen LogP contribution < -0.4 is 10.6 Å². The van der Waals surface area contributed by atoms with Crippen LogP contribution >= 0.6 is 0 Å². The maximum atomic E-state index is 11.3. The van der Waals surface area contributed by atoms with Gasteiger partial charge in [-0.3, -0.25) is 4.79 Å². The number of urea groups is 1. The minimum absolute atomic E-state index is 0.0742. The highest BCUT2D eigenvalue weighted by molar-refractivity contribution is 5.74. The van der Waals surface area contributed by atoms with Gasteiger partial charge in [0.2, 0.25) is 0 Å². The van der Waals surface area contributed by atoms with Crippen LogP contribution in [0.2, 0.25) is 0 Å². The van der Waals surface area contributed by atoms with Gasteiger partial charge in [0.15, 0.2) is 0 Å². The highest BCUT2D eigenvalue weighted by atomic mass is 16.4. The van der Waals surface area contributed by atoms with Crippen LogP contribution in [0.5, 0.6) is 0 Å². The van der Waals surface area contributed by atoms with Crippen molar-refractivity contribution in [3.8, 4) is 0 Å². The van der Waals surface area contributed by atoms with E-state index in [1.165, 1.54) is 0 Å². The molecule has 3 N–H and O–H groups in total. The topological polar surface area (TPSA) is 78.4 Å². The minimum Gasteiger partial charge on any atom is -0.481 e. The van der Waals surface area contributed by atoms with Crippen LogP contribution in [-0.4, -0.2) is 29.2 Å². The van der Waals surface area contributed by atoms with Crippen molar-refractivity contribution in [2.24, 2.45) is 0 Å². The van der Waals surface area contributed by atoms with Crippen molar-refractivity contribution in [3.63, 3.8) is 0 Å². The number of hydrogen-bond acceptors (Lipinski definition) is 2. The molecule has 0 aliphatic rings. The normalized spacial score (nSPS) is 14.1. The van der Waals surface area contributed by atoms with Crippen molar-refractivity contribution in [3.05, 3.63) is 0 Å². The Bertz CT molecular complexity index is 219. The lowest BCUT2D eigenvalue weighted by Gasteiger charge is -2.16. The number of hydrogen-bond donors (Lipinski definition) is 3. The van der Waals surface area contributed by atoms with E-state index >= 15 is 0 Å². The van der Waals surface area contributed by atoms with Gasteiger partial charge in [0.25, 0.3) is 0 Å². The zero-order chi connectivity index (χ0) is 11.8. The number of carboxylic acid groups (broad SMARTS) is 1. The standard InChI is InChI=1S/C10H20N2O3/c1-4-7(2)11-10(15)12-8(3)5-6-9(13)14/h7-8H,4-6H2,1-3H3,(H,13,14)(H2,11,12,15). The second-order valence-corrected chi connectivity index (χ2v) is 3.76. The number of aliphatic carboxylic acids is 1. The minimum atomic E-state index is -0.842. The van der Waals surface area contributed by atoms with Gasteiger partial charge >= 0.3 is 12.0 Å². The monoisotopic (exact) mass is 216 g/mol. The Balaban J connectivity index is 3.71. The van der Waals surface area contributed by atoms with E-state index in [9.17, 15) is 9.59 Å². The SMILES string of the molecule is CCC(C)NC(=O)NC(C)CCC(=O)O. The molecule has 0 aromatic heterocycles. The lowest BCUT2D eigenvalue weighted by Crippen LogP contribution is -2.44. The van der Waals surface area contributed by atoms with Gasteiger partial charge in [-0.2, -0.15) is 0 Å². The predicted octanol–water partition coefficient (Wildman–Crippen LogP) is 1.34. The molecule has 2 amide bonds. The fourth-order valence-corrected chi connectivity index (χ4v) is 1.00. The summed E-state index contributed by atoms with van der Waals surface area (Å²) in [5.74, 6) is -0.842. The van der Waals surface area contributed by atoms with Crippen LogP contribution in [0, 0.1) is 0 Å². The summed E-state index contributed by atoms with van der Waals surface area (Å²) in [6.45, 7) is 5.69. The van der Waals surface area contributed by atoms with E-state index in [2.05, 4.69) is 10.6 Å². The first-order valence-corrected chi connectivity index (χ1v) is 5.24. The molecular weight excluding hydrogens is 196 g/mol. The van der Waals surface area contributed by atoms with Crippen molar-refractivity contribution in [1.29, 1.82) is 0 Å². The summed E-state index contributed by atoms with van der Waals surface area (Å²) >= 11 is 0. The van der Waals surface area contributed by atoms with Gasteiger partial charge in [0.1, 0.15) is 0 Å². The summed E-state index contributed by atoms with van der Waals surface area (Å²) in [4.78, 5) is 21.6. The van der Waals surface area contributed by atoms with Crippen LogP contribution in [0.4, 0.5) is 4.79 Å². The summed E-state index contributed by atoms with van der Waals surface area (Å²) < 4.78 is 0. The molecule has 0 fully saturated rings. The van der Waals surface area contributed by atoms with Crippen LogP contribution in [0.3, 0.4) is 0 Å². The third kappa shape index (κ3) is 7.78. The molecule has 0 saturated heterocycles. The summed E-state index contributed by atoms with van der Waals surface area (Å²) in [6, 6.07) is -0.218. The van der Waals surface area contributed by atoms with E-state index in [0.717, 1.165) is 6.42 Å². The zero-order valence-corrected chi connectivity index (χ0v) is 9.54. The van der Waals surface area contributed by atoms with E-state index in [1.807, 2.05) is 13.8 Å². The summed E-state index contributed by atoms with van der Waals surface area (Å²) in [5.41, 5.74) is 0. The van der Waals surface area contributed by atoms with Crippen LogP contribution in [-0.2, 0) is 4.79 Å². The Morgan fingerprint density at radius 3 is 2.20 bits per heavy atom. The van der Waals surface area contributed by atoms with Crippen molar-refractivity contribution >= 4 is 12.0 Å². The van der Waals surface area contributed by atoms with Crippen molar-refractivity contribution in [2.75, 3.05) is 0 Å². The molecule has 0 bridgehead atoms. The van der Waals surface area contributed by atoms with Crippen molar-refractivity contribution in [1.82, 2.24) is 10.6 Å². The lowest BCUT2D eigenvalue weighted by molar-refractivity contribution is -0.137. The molecule has 88 valence electrons. The van der Waals surface area contributed by atoms with Crippen LogP contribution in [0.15, 0.2) is 0 Å². The average Bonchev–Trinajstić information content (AvgIpc) is 2.14. The van der Waals surface area contributed by atoms with Gasteiger partial charge in [-0.1, -0.05) is 6.92 Å². The molecule has 5 heteroatoms. The highest BCUT2D eigenvalue weighted by Crippen LogP contribution is 1.96. The first-order chi connectivity index (χ1) is 6.95. The quantitative estimate of drug-likeness (QED) is 0.627. The largest absolute Gasteiger partial charge is 0.481 e. The molecule has 0 aromatic rings. The van der Waals surface area contributed by atoms with Crippen LogP contribution in [0.25, 0.3) is 0 Å². The number of nitrogens with one attached hydrogen (secondary N) is 2. The van der Waals surface area contributed by atoms with Gasteiger partial charge < -0.3 is 15.7 Å². The van der Waals surface area contributed by atoms with Gasteiger partial charge in [0.05, 0.1) is 0 Å². The fourth-order valence-electron chi connectivity index (χ4n) is 1.00. The Kier molecular flexibility index (Phi) is 6.49. The smallest absolute Gasteiger partial charge is 0.315 e. The Morgan fingerprint density at radius 2 is 1.73 bits per heavy atom. The third-order valence-corrected chi connectivity index (χ3v) is 2.16. The highest BCUT2D eigenvalue weighted by Gasteiger charge is 2.10. The number of amides is 2. The molecule has 0 aliphatic heterocycles. The molecule has 0 radical (unpaired) electrons. The average molecular weight is 216 g/mol.